The van der Waals surface area contributed by atoms with E-state index in [9.17, 15) is 9.90 Å². The largest absolute Gasteiger partial charge is 0.490 e. The number of hydrogen-bond acceptors (Lipinski definition) is 4. The fourth-order valence-electron chi connectivity index (χ4n) is 4.44. The molecule has 38 heavy (non-hydrogen) atoms. The van der Waals surface area contributed by atoms with Gasteiger partial charge in [0, 0.05) is 17.0 Å². The molecule has 1 atom stereocenters. The van der Waals surface area contributed by atoms with Crippen LogP contribution in [0.5, 0.6) is 5.75 Å². The first kappa shape index (κ1) is 25.5. The van der Waals surface area contributed by atoms with Crippen LogP contribution in [0.3, 0.4) is 0 Å². The van der Waals surface area contributed by atoms with Crippen LogP contribution in [0.25, 0.3) is 33.8 Å². The van der Waals surface area contributed by atoms with Crippen LogP contribution >= 0.6 is 11.6 Å². The molecule has 190 valence electrons. The van der Waals surface area contributed by atoms with Crippen LogP contribution < -0.4 is 4.74 Å². The Bertz CT molecular complexity index is 1650. The number of aromatic carboxylic acids is 1. The van der Waals surface area contributed by atoms with Crippen LogP contribution in [0.2, 0.25) is 5.02 Å². The first-order valence-corrected chi connectivity index (χ1v) is 12.7. The predicted octanol–water partition coefficient (Wildman–Crippen LogP) is 8.07. The molecule has 1 unspecified atom stereocenters. The van der Waals surface area contributed by atoms with Crippen LogP contribution in [0.15, 0.2) is 91.0 Å². The van der Waals surface area contributed by atoms with Crippen LogP contribution in [0, 0.1) is 0 Å². The number of benzene rings is 4. The third kappa shape index (κ3) is 5.70. The Hall–Kier alpha value is -4.19. The monoisotopic (exact) mass is 523 g/mol. The second kappa shape index (κ2) is 11.5. The van der Waals surface area contributed by atoms with Gasteiger partial charge in [-0.1, -0.05) is 78.3 Å². The van der Waals surface area contributed by atoms with Crippen molar-refractivity contribution < 1.29 is 19.4 Å². The summed E-state index contributed by atoms with van der Waals surface area (Å²) in [7, 11) is 0. The van der Waals surface area contributed by atoms with Gasteiger partial charge in [-0.2, -0.15) is 0 Å². The van der Waals surface area contributed by atoms with E-state index in [0.29, 0.717) is 22.8 Å². The fraction of sp³-hybridized carbons (Fsp3) is 0.125. The second-order valence-electron chi connectivity index (χ2n) is 8.80. The molecule has 1 aromatic heterocycles. The number of fused-ring (bicyclic) bond motifs is 2. The number of rotatable bonds is 9. The SMILES string of the molecule is CCOC(COc1ccc2ccccc2c1C(=O)O)c1cccc(/C=C/c2ccc3ccc(Cl)cc3n2)c1. The highest BCUT2D eigenvalue weighted by Gasteiger charge is 2.19. The van der Waals surface area contributed by atoms with Crippen molar-refractivity contribution in [2.24, 2.45) is 0 Å². The van der Waals surface area contributed by atoms with Gasteiger partial charge in [0.15, 0.2) is 0 Å². The quantitative estimate of drug-likeness (QED) is 0.211. The maximum atomic E-state index is 12.1. The summed E-state index contributed by atoms with van der Waals surface area (Å²) in [4.78, 5) is 16.7. The lowest BCUT2D eigenvalue weighted by Gasteiger charge is -2.20. The van der Waals surface area contributed by atoms with Gasteiger partial charge in [-0.25, -0.2) is 9.78 Å². The van der Waals surface area contributed by atoms with E-state index >= 15 is 0 Å². The topological polar surface area (TPSA) is 68.7 Å². The lowest BCUT2D eigenvalue weighted by molar-refractivity contribution is 0.0260. The van der Waals surface area contributed by atoms with Crippen molar-refractivity contribution in [3.8, 4) is 5.75 Å². The molecule has 0 amide bonds. The summed E-state index contributed by atoms with van der Waals surface area (Å²) < 4.78 is 12.0. The highest BCUT2D eigenvalue weighted by atomic mass is 35.5. The summed E-state index contributed by atoms with van der Waals surface area (Å²) >= 11 is 6.12. The van der Waals surface area contributed by atoms with Crippen LogP contribution in [0.4, 0.5) is 0 Å². The minimum Gasteiger partial charge on any atom is -0.490 e. The molecule has 1 N–H and O–H groups in total. The second-order valence-corrected chi connectivity index (χ2v) is 9.23. The van der Waals surface area contributed by atoms with Crippen LogP contribution in [-0.4, -0.2) is 29.3 Å². The van der Waals surface area contributed by atoms with Crippen molar-refractivity contribution in [2.75, 3.05) is 13.2 Å². The molecular formula is C32H26ClNO4. The highest BCUT2D eigenvalue weighted by Crippen LogP contribution is 2.30. The van der Waals surface area contributed by atoms with E-state index in [0.717, 1.165) is 33.1 Å². The number of carbonyl (C=O) groups is 1. The first-order valence-electron chi connectivity index (χ1n) is 12.4. The first-order chi connectivity index (χ1) is 18.5. The zero-order valence-electron chi connectivity index (χ0n) is 20.8. The molecule has 4 aromatic carbocycles. The molecular weight excluding hydrogens is 498 g/mol. The Morgan fingerprint density at radius 3 is 2.61 bits per heavy atom. The normalized spacial score (nSPS) is 12.3. The highest BCUT2D eigenvalue weighted by molar-refractivity contribution is 6.31. The molecule has 0 saturated heterocycles. The molecule has 0 aliphatic carbocycles. The van der Waals surface area contributed by atoms with E-state index in [-0.39, 0.29) is 18.3 Å². The van der Waals surface area contributed by atoms with Crippen molar-refractivity contribution in [3.05, 3.63) is 118 Å². The summed E-state index contributed by atoms with van der Waals surface area (Å²) in [5, 5.41) is 13.1. The average Bonchev–Trinajstić information content (AvgIpc) is 2.93. The van der Waals surface area contributed by atoms with Gasteiger partial charge in [0.25, 0.3) is 0 Å². The van der Waals surface area contributed by atoms with Gasteiger partial charge in [-0.3, -0.25) is 0 Å². The molecule has 0 fully saturated rings. The van der Waals surface area contributed by atoms with E-state index in [2.05, 4.69) is 4.98 Å². The van der Waals surface area contributed by atoms with Gasteiger partial charge in [-0.05, 0) is 65.2 Å². The van der Waals surface area contributed by atoms with E-state index in [1.165, 1.54) is 0 Å². The van der Waals surface area contributed by atoms with Crippen molar-refractivity contribution in [2.45, 2.75) is 13.0 Å². The zero-order chi connectivity index (χ0) is 26.5. The number of nitrogens with zero attached hydrogens (tertiary/aromatic N) is 1. The Morgan fingerprint density at radius 2 is 1.76 bits per heavy atom. The standard InChI is InChI=1S/C32H26ClNO4/c1-2-37-30(20-38-29-17-13-22-7-3-4-9-27(22)31(29)32(35)36)24-8-5-6-21(18-24)10-15-26-16-12-23-11-14-25(33)19-28(23)34-26/h3-19,30H,2,20H2,1H3,(H,35,36)/b15-10+. The minimum absolute atomic E-state index is 0.152. The fourth-order valence-corrected chi connectivity index (χ4v) is 4.61. The number of ether oxygens (including phenoxy) is 2. The molecule has 1 heterocycles. The van der Waals surface area contributed by atoms with Gasteiger partial charge < -0.3 is 14.6 Å². The number of aromatic nitrogens is 1. The molecule has 6 heteroatoms. The Kier molecular flexibility index (Phi) is 7.68. The molecule has 0 bridgehead atoms. The van der Waals surface area contributed by atoms with Crippen LogP contribution in [0.1, 0.15) is 40.2 Å². The summed E-state index contributed by atoms with van der Waals surface area (Å²) in [6.45, 7) is 2.58. The number of carboxylic acids is 1. The molecule has 0 spiro atoms. The zero-order valence-corrected chi connectivity index (χ0v) is 21.6. The average molecular weight is 524 g/mol. The molecule has 5 rings (SSSR count). The van der Waals surface area contributed by atoms with Gasteiger partial charge in [0.05, 0.1) is 11.2 Å². The van der Waals surface area contributed by atoms with E-state index < -0.39 is 5.97 Å². The molecule has 5 nitrogen and oxygen atoms in total. The Labute approximate surface area is 225 Å². The van der Waals surface area contributed by atoms with Crippen molar-refractivity contribution in [1.82, 2.24) is 4.98 Å². The molecule has 0 saturated carbocycles. The lowest BCUT2D eigenvalue weighted by atomic mass is 10.0. The van der Waals surface area contributed by atoms with E-state index in [1.807, 2.05) is 97.9 Å². The molecule has 5 aromatic rings. The van der Waals surface area contributed by atoms with Gasteiger partial charge in [-0.15, -0.1) is 0 Å². The minimum atomic E-state index is -1.03. The maximum absolute atomic E-state index is 12.1. The number of carboxylic acid groups (broad SMARTS) is 1. The van der Waals surface area contributed by atoms with E-state index in [1.54, 1.807) is 12.1 Å². The molecule has 0 radical (unpaired) electrons. The lowest BCUT2D eigenvalue weighted by Crippen LogP contribution is -2.15. The van der Waals surface area contributed by atoms with E-state index in [4.69, 9.17) is 21.1 Å². The smallest absolute Gasteiger partial charge is 0.340 e. The third-order valence-corrected chi connectivity index (χ3v) is 6.50. The Morgan fingerprint density at radius 1 is 0.947 bits per heavy atom. The number of halogens is 1. The predicted molar refractivity (Wildman–Crippen MR) is 153 cm³/mol. The van der Waals surface area contributed by atoms with Gasteiger partial charge in [0.2, 0.25) is 0 Å². The number of hydrogen-bond donors (Lipinski definition) is 1. The summed E-state index contributed by atoms with van der Waals surface area (Å²) in [5.41, 5.74) is 3.74. The van der Waals surface area contributed by atoms with Crippen LogP contribution in [-0.2, 0) is 4.74 Å². The summed E-state index contributed by atoms with van der Waals surface area (Å²) in [5.74, 6) is -0.707. The molecule has 0 aliphatic rings. The van der Waals surface area contributed by atoms with Crippen molar-refractivity contribution >= 4 is 51.4 Å². The van der Waals surface area contributed by atoms with Crippen molar-refractivity contribution in [3.63, 3.8) is 0 Å². The van der Waals surface area contributed by atoms with Crippen molar-refractivity contribution in [1.29, 1.82) is 0 Å². The Balaban J connectivity index is 1.37. The third-order valence-electron chi connectivity index (χ3n) is 6.27. The summed E-state index contributed by atoms with van der Waals surface area (Å²) in [6, 6.07) is 28.6. The molecule has 0 aliphatic heterocycles. The summed E-state index contributed by atoms with van der Waals surface area (Å²) in [6.07, 6.45) is 3.58. The van der Waals surface area contributed by atoms with Gasteiger partial charge >= 0.3 is 5.97 Å². The van der Waals surface area contributed by atoms with Gasteiger partial charge in [0.1, 0.15) is 24.0 Å². The maximum Gasteiger partial charge on any atom is 0.340 e. The number of pyridine rings is 1.